The number of hydrogen-bond acceptors (Lipinski definition) is 2. The van der Waals surface area contributed by atoms with Crippen LogP contribution in [0.25, 0.3) is 0 Å². The normalized spacial score (nSPS) is 16.4. The average molecular weight is 270 g/mol. The monoisotopic (exact) mass is 270 g/mol. The van der Waals surface area contributed by atoms with E-state index in [-0.39, 0.29) is 0 Å². The topological polar surface area (TPSA) is 16.1 Å². The molecular weight excluding hydrogens is 251 g/mol. The van der Waals surface area contributed by atoms with Gasteiger partial charge in [-0.05, 0) is 48.9 Å². The lowest BCUT2D eigenvalue weighted by molar-refractivity contribution is 0.496. The summed E-state index contributed by atoms with van der Waals surface area (Å²) >= 11 is 0. The molecule has 0 bridgehead atoms. The molecule has 2 nitrogen and oxygen atoms in total. The van der Waals surface area contributed by atoms with Crippen LogP contribution in [0, 0.1) is 12.9 Å². The molecule has 1 aliphatic rings. The van der Waals surface area contributed by atoms with E-state index in [2.05, 4.69) is 41.1 Å². The number of rotatable bonds is 2. The van der Waals surface area contributed by atoms with Crippen LogP contribution in [0.15, 0.2) is 42.5 Å². The summed E-state index contributed by atoms with van der Waals surface area (Å²) in [5.41, 5.74) is 2.83. The van der Waals surface area contributed by atoms with Crippen LogP contribution in [0.1, 0.15) is 29.9 Å². The zero-order chi connectivity index (χ0) is 13.9. The quantitative estimate of drug-likeness (QED) is 0.769. The van der Waals surface area contributed by atoms with E-state index in [1.54, 1.807) is 6.07 Å². The van der Waals surface area contributed by atoms with E-state index >= 15 is 0 Å². The van der Waals surface area contributed by atoms with Gasteiger partial charge >= 0.3 is 0 Å². The number of nitrogens with zero attached hydrogens (tertiary/aromatic N) is 2. The highest BCUT2D eigenvalue weighted by atomic mass is 19.1. The fourth-order valence-electron chi connectivity index (χ4n) is 3.04. The van der Waals surface area contributed by atoms with Gasteiger partial charge in [-0.3, -0.25) is 0 Å². The van der Waals surface area contributed by atoms with Crippen LogP contribution in [-0.2, 0) is 0 Å². The maximum absolute atomic E-state index is 13.2. The molecule has 0 aliphatic carbocycles. The molecule has 1 fully saturated rings. The Morgan fingerprint density at radius 1 is 1.05 bits per heavy atom. The molecule has 20 heavy (non-hydrogen) atoms. The highest BCUT2D eigenvalue weighted by Gasteiger charge is 2.22. The number of hydrogen-bond donors (Lipinski definition) is 0. The Balaban J connectivity index is 1.70. The minimum Gasteiger partial charge on any atom is -0.356 e. The van der Waals surface area contributed by atoms with Crippen molar-refractivity contribution in [3.63, 3.8) is 0 Å². The minimum absolute atomic E-state index is 0.400. The van der Waals surface area contributed by atoms with E-state index in [0.717, 1.165) is 31.7 Å². The number of pyridine rings is 1. The molecule has 0 saturated carbocycles. The van der Waals surface area contributed by atoms with Crippen LogP contribution in [0.2, 0.25) is 0 Å². The zero-order valence-electron chi connectivity index (χ0n) is 11.7. The van der Waals surface area contributed by atoms with Gasteiger partial charge in [0.15, 0.2) is 0 Å². The first-order valence-corrected chi connectivity index (χ1v) is 7.17. The van der Waals surface area contributed by atoms with Gasteiger partial charge in [0.05, 0.1) is 0 Å². The Kier molecular flexibility index (Phi) is 3.68. The van der Waals surface area contributed by atoms with Gasteiger partial charge in [-0.15, -0.1) is 0 Å². The fourth-order valence-corrected chi connectivity index (χ4v) is 3.04. The summed E-state index contributed by atoms with van der Waals surface area (Å²) in [5, 5.41) is 0. The molecule has 0 unspecified atom stereocenters. The highest BCUT2D eigenvalue weighted by Crippen LogP contribution is 2.31. The van der Waals surface area contributed by atoms with Crippen LogP contribution in [0.5, 0.6) is 0 Å². The molecule has 1 aromatic heterocycles. The molecule has 0 spiro atoms. The van der Waals surface area contributed by atoms with E-state index in [0.29, 0.717) is 5.92 Å². The van der Waals surface area contributed by atoms with Gasteiger partial charge in [0.25, 0.3) is 0 Å². The Hall–Kier alpha value is -1.90. The molecule has 1 aliphatic heterocycles. The van der Waals surface area contributed by atoms with Gasteiger partial charge in [0, 0.05) is 13.1 Å². The van der Waals surface area contributed by atoms with Gasteiger partial charge in [0.2, 0.25) is 5.95 Å². The SMILES string of the molecule is Cc1ccccc1C1CCN(c2cccc(F)n2)CC1. The van der Waals surface area contributed by atoms with Crippen molar-refractivity contribution in [3.05, 3.63) is 59.5 Å². The summed E-state index contributed by atoms with van der Waals surface area (Å²) < 4.78 is 13.2. The van der Waals surface area contributed by atoms with Crippen molar-refractivity contribution < 1.29 is 4.39 Å². The second-order valence-electron chi connectivity index (χ2n) is 5.44. The first-order valence-electron chi connectivity index (χ1n) is 7.17. The lowest BCUT2D eigenvalue weighted by atomic mass is 9.87. The number of anilines is 1. The fraction of sp³-hybridized carbons (Fsp3) is 0.353. The lowest BCUT2D eigenvalue weighted by Gasteiger charge is -2.33. The molecule has 0 atom stereocenters. The van der Waals surface area contributed by atoms with E-state index in [1.165, 1.54) is 17.2 Å². The maximum Gasteiger partial charge on any atom is 0.214 e. The van der Waals surface area contributed by atoms with Crippen LogP contribution in [0.3, 0.4) is 0 Å². The van der Waals surface area contributed by atoms with Gasteiger partial charge < -0.3 is 4.90 Å². The van der Waals surface area contributed by atoms with Crippen LogP contribution >= 0.6 is 0 Å². The third kappa shape index (κ3) is 2.67. The molecule has 2 heterocycles. The molecule has 104 valence electrons. The van der Waals surface area contributed by atoms with E-state index < -0.39 is 5.95 Å². The summed E-state index contributed by atoms with van der Waals surface area (Å²) in [7, 11) is 0. The summed E-state index contributed by atoms with van der Waals surface area (Å²) in [4.78, 5) is 6.15. The van der Waals surface area contributed by atoms with E-state index in [4.69, 9.17) is 0 Å². The summed E-state index contributed by atoms with van der Waals surface area (Å²) in [6.07, 6.45) is 2.20. The van der Waals surface area contributed by atoms with Crippen molar-refractivity contribution in [1.29, 1.82) is 0 Å². The predicted octanol–water partition coefficient (Wildman–Crippen LogP) is 3.91. The Morgan fingerprint density at radius 3 is 2.50 bits per heavy atom. The van der Waals surface area contributed by atoms with Crippen molar-refractivity contribution in [3.8, 4) is 0 Å². The third-order valence-electron chi connectivity index (χ3n) is 4.15. The highest BCUT2D eigenvalue weighted by molar-refractivity contribution is 5.39. The number of piperidine rings is 1. The zero-order valence-corrected chi connectivity index (χ0v) is 11.7. The first kappa shape index (κ1) is 13.1. The minimum atomic E-state index is -0.400. The van der Waals surface area contributed by atoms with Crippen molar-refractivity contribution in [2.75, 3.05) is 18.0 Å². The Morgan fingerprint density at radius 2 is 1.80 bits per heavy atom. The Bertz CT molecular complexity index is 589. The van der Waals surface area contributed by atoms with Crippen LogP contribution in [-0.4, -0.2) is 18.1 Å². The van der Waals surface area contributed by atoms with Crippen molar-refractivity contribution in [2.24, 2.45) is 0 Å². The molecular formula is C17H19FN2. The van der Waals surface area contributed by atoms with E-state index in [9.17, 15) is 4.39 Å². The molecule has 2 aromatic rings. The number of halogens is 1. The Labute approximate surface area is 119 Å². The first-order chi connectivity index (χ1) is 9.74. The van der Waals surface area contributed by atoms with Gasteiger partial charge in [0.1, 0.15) is 5.82 Å². The molecule has 1 saturated heterocycles. The predicted molar refractivity (Wildman–Crippen MR) is 79.6 cm³/mol. The summed E-state index contributed by atoms with van der Waals surface area (Å²) in [5.74, 6) is 0.970. The molecule has 3 rings (SSSR count). The largest absolute Gasteiger partial charge is 0.356 e. The number of benzene rings is 1. The summed E-state index contributed by atoms with van der Waals surface area (Å²) in [6, 6.07) is 13.6. The third-order valence-corrected chi connectivity index (χ3v) is 4.15. The average Bonchev–Trinajstić information content (AvgIpc) is 2.48. The van der Waals surface area contributed by atoms with Gasteiger partial charge in [-0.1, -0.05) is 30.3 Å². The molecule has 0 N–H and O–H groups in total. The second-order valence-corrected chi connectivity index (χ2v) is 5.44. The van der Waals surface area contributed by atoms with Crippen molar-refractivity contribution in [1.82, 2.24) is 4.98 Å². The molecule has 1 aromatic carbocycles. The molecule has 0 amide bonds. The maximum atomic E-state index is 13.2. The number of aryl methyl sites for hydroxylation is 1. The van der Waals surface area contributed by atoms with Gasteiger partial charge in [-0.2, -0.15) is 4.39 Å². The second kappa shape index (κ2) is 5.61. The smallest absolute Gasteiger partial charge is 0.214 e. The van der Waals surface area contributed by atoms with Gasteiger partial charge in [-0.25, -0.2) is 4.98 Å². The van der Waals surface area contributed by atoms with Crippen molar-refractivity contribution in [2.45, 2.75) is 25.7 Å². The summed E-state index contributed by atoms with van der Waals surface area (Å²) in [6.45, 7) is 4.06. The van der Waals surface area contributed by atoms with E-state index in [1.807, 2.05) is 6.07 Å². The molecule has 3 heteroatoms. The van der Waals surface area contributed by atoms with Crippen LogP contribution in [0.4, 0.5) is 10.2 Å². The number of aromatic nitrogens is 1. The van der Waals surface area contributed by atoms with Crippen molar-refractivity contribution >= 4 is 5.82 Å². The molecule has 0 radical (unpaired) electrons. The standard InChI is InChI=1S/C17H19FN2/c1-13-5-2-3-6-15(13)14-9-11-20(12-10-14)17-8-4-7-16(18)19-17/h2-8,14H,9-12H2,1H3. The van der Waals surface area contributed by atoms with Crippen LogP contribution < -0.4 is 4.90 Å². The lowest BCUT2D eigenvalue weighted by Crippen LogP contribution is -2.33.